The summed E-state index contributed by atoms with van der Waals surface area (Å²) in [5.74, 6) is 1.44. The van der Waals surface area contributed by atoms with Crippen LogP contribution in [0.3, 0.4) is 0 Å². The second kappa shape index (κ2) is 8.35. The van der Waals surface area contributed by atoms with Gasteiger partial charge in [-0.1, -0.05) is 53.8 Å². The van der Waals surface area contributed by atoms with Gasteiger partial charge in [-0.2, -0.15) is 0 Å². The van der Waals surface area contributed by atoms with Gasteiger partial charge in [-0.25, -0.2) is 9.38 Å². The van der Waals surface area contributed by atoms with E-state index in [2.05, 4.69) is 27.9 Å². The lowest BCUT2D eigenvalue weighted by Gasteiger charge is -2.11. The molecule has 0 aliphatic rings. The molecule has 0 aliphatic carbocycles. The quantitative estimate of drug-likeness (QED) is 0.362. The molecule has 0 fully saturated rings. The maximum absolute atomic E-state index is 13.2. The van der Waals surface area contributed by atoms with E-state index in [4.69, 9.17) is 9.47 Å². The zero-order valence-electron chi connectivity index (χ0n) is 18.5. The van der Waals surface area contributed by atoms with Crippen LogP contribution in [0.4, 0.5) is 0 Å². The van der Waals surface area contributed by atoms with Gasteiger partial charge in [0.1, 0.15) is 6.61 Å². The molecule has 3 aromatic carbocycles. The Morgan fingerprint density at radius 2 is 1.68 bits per heavy atom. The van der Waals surface area contributed by atoms with Gasteiger partial charge >= 0.3 is 0 Å². The fourth-order valence-corrected chi connectivity index (χ4v) is 5.30. The van der Waals surface area contributed by atoms with Crippen molar-refractivity contribution in [3.05, 3.63) is 99.4 Å². The third-order valence-corrected chi connectivity index (χ3v) is 6.88. The second-order valence-electron chi connectivity index (χ2n) is 7.93. The van der Waals surface area contributed by atoms with Crippen molar-refractivity contribution in [2.75, 3.05) is 13.7 Å². The van der Waals surface area contributed by atoms with Crippen molar-refractivity contribution in [2.45, 2.75) is 6.54 Å². The highest BCUT2D eigenvalue weighted by Crippen LogP contribution is 2.26. The molecule has 0 amide bonds. The van der Waals surface area contributed by atoms with E-state index in [0.29, 0.717) is 28.4 Å². The molecule has 0 aliphatic heterocycles. The molecule has 168 valence electrons. The van der Waals surface area contributed by atoms with Crippen LogP contribution >= 0.6 is 11.3 Å². The molecule has 0 unspecified atom stereocenters. The van der Waals surface area contributed by atoms with E-state index in [-0.39, 0.29) is 5.56 Å². The van der Waals surface area contributed by atoms with Crippen molar-refractivity contribution in [1.29, 1.82) is 0 Å². The van der Waals surface area contributed by atoms with Crippen molar-refractivity contribution in [3.8, 4) is 11.5 Å². The molecule has 34 heavy (non-hydrogen) atoms. The molecule has 3 aromatic heterocycles. The number of ether oxygens (including phenoxy) is 2. The Labute approximate surface area is 198 Å². The number of nitrogens with zero attached hydrogens (tertiary/aromatic N) is 3. The number of methoxy groups -OCH3 is 1. The summed E-state index contributed by atoms with van der Waals surface area (Å²) in [6, 6.07) is 23.6. The molecule has 0 atom stereocenters. The molecule has 0 radical (unpaired) electrons. The molecule has 6 aromatic rings. The third kappa shape index (κ3) is 3.41. The summed E-state index contributed by atoms with van der Waals surface area (Å²) in [7, 11) is 1.64. The Kier molecular flexibility index (Phi) is 5.04. The van der Waals surface area contributed by atoms with Crippen molar-refractivity contribution in [1.82, 2.24) is 14.0 Å². The minimum Gasteiger partial charge on any atom is -0.493 e. The van der Waals surface area contributed by atoms with Crippen molar-refractivity contribution in [2.24, 2.45) is 0 Å². The van der Waals surface area contributed by atoms with Crippen molar-refractivity contribution < 1.29 is 9.47 Å². The normalized spacial score (nSPS) is 12.2. The molecule has 0 spiro atoms. The molecule has 3 heterocycles. The second-order valence-corrected chi connectivity index (χ2v) is 8.94. The summed E-state index contributed by atoms with van der Waals surface area (Å²) < 4.78 is 15.9. The van der Waals surface area contributed by atoms with Gasteiger partial charge in [0.05, 0.1) is 29.2 Å². The molecule has 0 saturated carbocycles. The van der Waals surface area contributed by atoms with Gasteiger partial charge in [0.15, 0.2) is 16.5 Å². The van der Waals surface area contributed by atoms with Crippen LogP contribution < -0.4 is 19.6 Å². The fraction of sp³-hybridized carbons (Fsp3) is 0.111. The first-order valence-electron chi connectivity index (χ1n) is 11.0. The van der Waals surface area contributed by atoms with E-state index in [0.717, 1.165) is 33.2 Å². The molecule has 0 bridgehead atoms. The fourth-order valence-electron chi connectivity index (χ4n) is 4.32. The maximum Gasteiger partial charge on any atom is 0.274 e. The Hall–Kier alpha value is -4.10. The van der Waals surface area contributed by atoms with Crippen LogP contribution in [-0.4, -0.2) is 27.7 Å². The summed E-state index contributed by atoms with van der Waals surface area (Å²) >= 11 is 1.42. The number of imidazole rings is 1. The van der Waals surface area contributed by atoms with Gasteiger partial charge < -0.3 is 14.0 Å². The van der Waals surface area contributed by atoms with E-state index >= 15 is 0 Å². The lowest BCUT2D eigenvalue weighted by Crippen LogP contribution is -2.22. The summed E-state index contributed by atoms with van der Waals surface area (Å²) in [6.45, 7) is 1.15. The zero-order chi connectivity index (χ0) is 23.1. The van der Waals surface area contributed by atoms with Crippen LogP contribution in [0.15, 0.2) is 83.8 Å². The molecular formula is C27H21N3O3S. The largest absolute Gasteiger partial charge is 0.493 e. The molecule has 6 rings (SSSR count). The van der Waals surface area contributed by atoms with E-state index in [1.54, 1.807) is 11.5 Å². The van der Waals surface area contributed by atoms with Crippen LogP contribution in [0.5, 0.6) is 11.5 Å². The Morgan fingerprint density at radius 1 is 0.941 bits per heavy atom. The third-order valence-electron chi connectivity index (χ3n) is 5.91. The first kappa shape index (κ1) is 20.5. The Morgan fingerprint density at radius 3 is 2.53 bits per heavy atom. The SMILES string of the molecule is COc1ccccc1OCCn1cc(/C=c2\sc3nc4ccccc4n3c2=O)c2ccccc21. The van der Waals surface area contributed by atoms with Crippen LogP contribution in [0.1, 0.15) is 5.56 Å². The van der Waals surface area contributed by atoms with Gasteiger partial charge in [-0.15, -0.1) is 0 Å². The standard InChI is InChI=1S/C27H21N3O3S/c1-32-23-12-6-7-13-24(23)33-15-14-29-17-18(19-8-2-4-10-21(19)29)16-25-26(31)30-22-11-5-3-9-20(22)28-27(30)34-25/h2-13,16-17H,14-15H2,1H3/b25-16-. The first-order valence-corrected chi connectivity index (χ1v) is 11.8. The molecule has 6 nitrogen and oxygen atoms in total. The number of fused-ring (bicyclic) bond motifs is 4. The number of hydrogen-bond donors (Lipinski definition) is 0. The maximum atomic E-state index is 13.2. The van der Waals surface area contributed by atoms with E-state index in [1.165, 1.54) is 11.3 Å². The average Bonchev–Trinajstić information content (AvgIpc) is 3.51. The van der Waals surface area contributed by atoms with Gasteiger partial charge in [0.25, 0.3) is 5.56 Å². The molecular weight excluding hydrogens is 446 g/mol. The highest BCUT2D eigenvalue weighted by Gasteiger charge is 2.12. The number of hydrogen-bond acceptors (Lipinski definition) is 5. The summed E-state index contributed by atoms with van der Waals surface area (Å²) in [6.07, 6.45) is 4.05. The topological polar surface area (TPSA) is 57.8 Å². The highest BCUT2D eigenvalue weighted by molar-refractivity contribution is 7.15. The van der Waals surface area contributed by atoms with E-state index in [1.807, 2.05) is 66.7 Å². The zero-order valence-corrected chi connectivity index (χ0v) is 19.3. The summed E-state index contributed by atoms with van der Waals surface area (Å²) in [5, 5.41) is 1.09. The number of thiazole rings is 1. The van der Waals surface area contributed by atoms with Gasteiger partial charge in [0.2, 0.25) is 0 Å². The van der Waals surface area contributed by atoms with Crippen LogP contribution in [0, 0.1) is 0 Å². The lowest BCUT2D eigenvalue weighted by atomic mass is 10.2. The predicted molar refractivity (Wildman–Crippen MR) is 136 cm³/mol. The van der Waals surface area contributed by atoms with Gasteiger partial charge in [0, 0.05) is 22.7 Å². The number of benzene rings is 3. The smallest absolute Gasteiger partial charge is 0.274 e. The summed E-state index contributed by atoms with van der Waals surface area (Å²) in [4.78, 5) is 18.5. The number of para-hydroxylation sites is 5. The highest BCUT2D eigenvalue weighted by atomic mass is 32.1. The van der Waals surface area contributed by atoms with E-state index < -0.39 is 0 Å². The van der Waals surface area contributed by atoms with Crippen LogP contribution in [0.25, 0.3) is 33.0 Å². The Balaban J connectivity index is 1.37. The number of rotatable bonds is 6. The molecule has 7 heteroatoms. The van der Waals surface area contributed by atoms with E-state index in [9.17, 15) is 4.79 Å². The number of aromatic nitrogens is 3. The monoisotopic (exact) mass is 467 g/mol. The summed E-state index contributed by atoms with van der Waals surface area (Å²) in [5.41, 5.74) is 3.74. The van der Waals surface area contributed by atoms with Crippen molar-refractivity contribution >= 4 is 44.3 Å². The predicted octanol–water partition coefficient (Wildman–Crippen LogP) is 4.50. The van der Waals surface area contributed by atoms with Crippen LogP contribution in [0.2, 0.25) is 0 Å². The van der Waals surface area contributed by atoms with Gasteiger partial charge in [-0.3, -0.25) is 4.79 Å². The minimum absolute atomic E-state index is 0.0370. The van der Waals surface area contributed by atoms with Gasteiger partial charge in [-0.05, 0) is 36.4 Å². The minimum atomic E-state index is -0.0370. The lowest BCUT2D eigenvalue weighted by molar-refractivity contribution is 0.281. The van der Waals surface area contributed by atoms with Crippen LogP contribution in [-0.2, 0) is 6.54 Å². The first-order chi connectivity index (χ1) is 16.7. The molecule has 0 N–H and O–H groups in total. The average molecular weight is 468 g/mol. The Bertz CT molecular complexity index is 1760. The van der Waals surface area contributed by atoms with Crippen molar-refractivity contribution in [3.63, 3.8) is 0 Å². The molecule has 0 saturated heterocycles.